The van der Waals surface area contributed by atoms with Crippen LogP contribution in [0.25, 0.3) is 0 Å². The first-order valence-electron chi connectivity index (χ1n) is 5.82. The molecule has 1 aliphatic rings. The van der Waals surface area contributed by atoms with Gasteiger partial charge < -0.3 is 5.73 Å². The average Bonchev–Trinajstić information content (AvgIpc) is 2.26. The lowest BCUT2D eigenvalue weighted by atomic mass is 9.89. The summed E-state index contributed by atoms with van der Waals surface area (Å²) in [5.41, 5.74) is 5.83. The molecule has 2 rings (SSSR count). The van der Waals surface area contributed by atoms with Crippen LogP contribution in [0.3, 0.4) is 0 Å². The Morgan fingerprint density at radius 2 is 2.05 bits per heavy atom. The molecule has 0 spiro atoms. The van der Waals surface area contributed by atoms with E-state index in [4.69, 9.17) is 5.73 Å². The van der Waals surface area contributed by atoms with Crippen molar-refractivity contribution < 1.29 is 13.3 Å². The Kier molecular flexibility index (Phi) is 3.57. The minimum atomic E-state index is -3.74. The second kappa shape index (κ2) is 4.87. The molecule has 1 aliphatic carbocycles. The number of nitro benzene ring substituents is 1. The summed E-state index contributed by atoms with van der Waals surface area (Å²) in [6.45, 7) is 1.60. The predicted molar refractivity (Wildman–Crippen MR) is 69.2 cm³/mol. The summed E-state index contributed by atoms with van der Waals surface area (Å²) in [5.74, 6) is 0. The number of nitrogens with two attached hydrogens (primary N) is 1. The fraction of sp³-hybridized carbons (Fsp3) is 0.455. The van der Waals surface area contributed by atoms with Gasteiger partial charge in [-0.15, -0.1) is 0 Å². The number of sulfonamides is 1. The third-order valence-corrected chi connectivity index (χ3v) is 4.83. The van der Waals surface area contributed by atoms with E-state index in [1.165, 1.54) is 12.1 Å². The van der Waals surface area contributed by atoms with Gasteiger partial charge in [-0.1, -0.05) is 6.07 Å². The van der Waals surface area contributed by atoms with Gasteiger partial charge in [-0.3, -0.25) is 10.1 Å². The summed E-state index contributed by atoms with van der Waals surface area (Å²) in [5, 5.41) is 10.7. The molecule has 1 aromatic rings. The first-order chi connectivity index (χ1) is 8.79. The van der Waals surface area contributed by atoms with Gasteiger partial charge in [0.15, 0.2) is 0 Å². The van der Waals surface area contributed by atoms with E-state index in [1.54, 1.807) is 6.92 Å². The lowest BCUT2D eigenvalue weighted by Gasteiger charge is -2.32. The Morgan fingerprint density at radius 1 is 1.42 bits per heavy atom. The summed E-state index contributed by atoms with van der Waals surface area (Å²) < 4.78 is 26.8. The van der Waals surface area contributed by atoms with Crippen LogP contribution in [-0.4, -0.2) is 25.4 Å². The zero-order valence-corrected chi connectivity index (χ0v) is 11.2. The molecule has 0 saturated heterocycles. The zero-order valence-electron chi connectivity index (χ0n) is 10.4. The quantitative estimate of drug-likeness (QED) is 0.623. The molecular formula is C11H15N3O4S. The summed E-state index contributed by atoms with van der Waals surface area (Å²) in [6.07, 6.45) is 1.18. The molecule has 0 aromatic heterocycles. The minimum absolute atomic E-state index is 0.0268. The van der Waals surface area contributed by atoms with Crippen LogP contribution in [-0.2, 0) is 10.0 Å². The number of hydrogen-bond donors (Lipinski definition) is 2. The van der Waals surface area contributed by atoms with Gasteiger partial charge >= 0.3 is 0 Å². The van der Waals surface area contributed by atoms with Gasteiger partial charge in [-0.05, 0) is 25.3 Å². The van der Waals surface area contributed by atoms with E-state index in [0.29, 0.717) is 18.4 Å². The van der Waals surface area contributed by atoms with Crippen molar-refractivity contribution in [3.63, 3.8) is 0 Å². The van der Waals surface area contributed by atoms with E-state index < -0.39 is 14.9 Å². The number of non-ortho nitro benzene ring substituents is 1. The molecule has 7 nitrogen and oxygen atoms in total. The maximum absolute atomic E-state index is 12.2. The van der Waals surface area contributed by atoms with Crippen molar-refractivity contribution in [2.45, 2.75) is 36.7 Å². The Morgan fingerprint density at radius 3 is 2.58 bits per heavy atom. The van der Waals surface area contributed by atoms with Gasteiger partial charge in [0.05, 0.1) is 9.82 Å². The highest BCUT2D eigenvalue weighted by molar-refractivity contribution is 7.89. The van der Waals surface area contributed by atoms with Gasteiger partial charge in [0.25, 0.3) is 5.69 Å². The molecule has 104 valence electrons. The van der Waals surface area contributed by atoms with E-state index in [2.05, 4.69) is 4.72 Å². The van der Waals surface area contributed by atoms with Crippen molar-refractivity contribution >= 4 is 15.7 Å². The van der Waals surface area contributed by atoms with E-state index in [9.17, 15) is 18.5 Å². The van der Waals surface area contributed by atoms with Crippen molar-refractivity contribution in [3.8, 4) is 0 Å². The molecule has 1 aromatic carbocycles. The zero-order chi connectivity index (χ0) is 14.2. The van der Waals surface area contributed by atoms with E-state index in [0.717, 1.165) is 6.07 Å². The molecular weight excluding hydrogens is 270 g/mol. The fourth-order valence-electron chi connectivity index (χ4n) is 2.03. The van der Waals surface area contributed by atoms with Crippen LogP contribution in [0.1, 0.15) is 18.4 Å². The number of aryl methyl sites for hydroxylation is 1. The Labute approximate surface area is 111 Å². The minimum Gasteiger partial charge on any atom is -0.328 e. The van der Waals surface area contributed by atoms with E-state index >= 15 is 0 Å². The largest absolute Gasteiger partial charge is 0.328 e. The van der Waals surface area contributed by atoms with Crippen molar-refractivity contribution in [1.29, 1.82) is 0 Å². The van der Waals surface area contributed by atoms with Crippen LogP contribution in [0.5, 0.6) is 0 Å². The molecule has 0 amide bonds. The Hall–Kier alpha value is -1.51. The molecule has 1 fully saturated rings. The van der Waals surface area contributed by atoms with Gasteiger partial charge in [-0.25, -0.2) is 13.1 Å². The number of rotatable bonds is 4. The molecule has 1 saturated carbocycles. The molecule has 19 heavy (non-hydrogen) atoms. The third kappa shape index (κ3) is 2.91. The topological polar surface area (TPSA) is 115 Å². The molecule has 0 heterocycles. The second-order valence-corrected chi connectivity index (χ2v) is 6.44. The van der Waals surface area contributed by atoms with Crippen LogP contribution in [0.4, 0.5) is 5.69 Å². The molecule has 0 radical (unpaired) electrons. The summed E-state index contributed by atoms with van der Waals surface area (Å²) in [4.78, 5) is 10.0. The van der Waals surface area contributed by atoms with Crippen molar-refractivity contribution in [1.82, 2.24) is 4.72 Å². The molecule has 8 heteroatoms. The lowest BCUT2D eigenvalue weighted by molar-refractivity contribution is -0.385. The summed E-state index contributed by atoms with van der Waals surface area (Å²) in [7, 11) is -3.74. The normalized spacial score (nSPS) is 22.8. The summed E-state index contributed by atoms with van der Waals surface area (Å²) in [6, 6.07) is 3.64. The Balaban J connectivity index is 2.29. The fourth-order valence-corrected chi connectivity index (χ4v) is 3.56. The smallest absolute Gasteiger partial charge is 0.270 e. The van der Waals surface area contributed by atoms with E-state index in [-0.39, 0.29) is 22.7 Å². The monoisotopic (exact) mass is 285 g/mol. The molecule has 0 atom stereocenters. The lowest BCUT2D eigenvalue weighted by Crippen LogP contribution is -2.50. The van der Waals surface area contributed by atoms with Crippen molar-refractivity contribution in [2.24, 2.45) is 5.73 Å². The first kappa shape index (κ1) is 13.9. The highest BCUT2D eigenvalue weighted by atomic mass is 32.2. The van der Waals surface area contributed by atoms with Crippen LogP contribution >= 0.6 is 0 Å². The summed E-state index contributed by atoms with van der Waals surface area (Å²) >= 11 is 0. The van der Waals surface area contributed by atoms with Gasteiger partial charge in [0, 0.05) is 24.2 Å². The van der Waals surface area contributed by atoms with Crippen LogP contribution in [0.15, 0.2) is 23.1 Å². The number of hydrogen-bond acceptors (Lipinski definition) is 5. The van der Waals surface area contributed by atoms with Gasteiger partial charge in [-0.2, -0.15) is 0 Å². The maximum atomic E-state index is 12.2. The van der Waals surface area contributed by atoms with Gasteiger partial charge in [0.1, 0.15) is 0 Å². The number of benzene rings is 1. The number of nitro groups is 1. The van der Waals surface area contributed by atoms with E-state index in [1.807, 2.05) is 0 Å². The van der Waals surface area contributed by atoms with Crippen LogP contribution in [0, 0.1) is 17.0 Å². The Bertz CT molecular complexity index is 608. The SMILES string of the molecule is Cc1ccc([N+](=O)[O-])cc1S(=O)(=O)NC1CC(N)C1. The van der Waals surface area contributed by atoms with Gasteiger partial charge in [0.2, 0.25) is 10.0 Å². The van der Waals surface area contributed by atoms with Crippen LogP contribution in [0.2, 0.25) is 0 Å². The molecule has 3 N–H and O–H groups in total. The molecule has 0 bridgehead atoms. The molecule has 0 aliphatic heterocycles. The van der Waals surface area contributed by atoms with Crippen LogP contribution < -0.4 is 10.5 Å². The van der Waals surface area contributed by atoms with Crippen molar-refractivity contribution in [2.75, 3.05) is 0 Å². The highest BCUT2D eigenvalue weighted by Crippen LogP contribution is 2.24. The maximum Gasteiger partial charge on any atom is 0.270 e. The number of nitrogens with zero attached hydrogens (tertiary/aromatic N) is 1. The first-order valence-corrected chi connectivity index (χ1v) is 7.31. The molecule has 0 unspecified atom stereocenters. The van der Waals surface area contributed by atoms with Crippen molar-refractivity contribution in [3.05, 3.63) is 33.9 Å². The average molecular weight is 285 g/mol. The number of nitrogens with one attached hydrogen (secondary N) is 1. The second-order valence-electron chi connectivity index (χ2n) is 4.76. The standard InChI is InChI=1S/C11H15N3O4S/c1-7-2-3-10(14(15)16)6-11(7)19(17,18)13-9-4-8(12)5-9/h2-3,6,8-9,13H,4-5,12H2,1H3. The third-order valence-electron chi connectivity index (χ3n) is 3.17. The predicted octanol–water partition coefficient (Wildman–Crippen LogP) is 0.671. The highest BCUT2D eigenvalue weighted by Gasteiger charge is 2.31.